The topological polar surface area (TPSA) is 74.6 Å². The number of aliphatic carboxylic acids is 2. The van der Waals surface area contributed by atoms with Crippen LogP contribution in [0.2, 0.25) is 0 Å². The number of hydrogen-bond acceptors (Lipinski definition) is 2. The summed E-state index contributed by atoms with van der Waals surface area (Å²) in [6.45, 7) is 10.9. The smallest absolute Gasteiger partial charge is 0.481 e. The molecule has 0 fully saturated rings. The van der Waals surface area contributed by atoms with Crippen LogP contribution in [0.4, 0.5) is 0 Å². The minimum absolute atomic E-state index is 0. The first kappa shape index (κ1) is 24.0. The van der Waals surface area contributed by atoms with Gasteiger partial charge in [-0.25, -0.2) is 0 Å². The Morgan fingerprint density at radius 3 is 1.79 bits per heavy atom. The molecule has 0 aliphatic rings. The third kappa shape index (κ3) is 23.5. The number of carboxylic acids is 2. The van der Waals surface area contributed by atoms with Gasteiger partial charge in [-0.1, -0.05) is 58.8 Å². The largest absolute Gasteiger partial charge is 1.00 e. The van der Waals surface area contributed by atoms with Crippen molar-refractivity contribution in [3.05, 3.63) is 6.92 Å². The van der Waals surface area contributed by atoms with Crippen LogP contribution < -0.4 is 29.6 Å². The molecule has 0 aromatic rings. The Morgan fingerprint density at radius 2 is 1.53 bits per heavy atom. The van der Waals surface area contributed by atoms with Gasteiger partial charge in [0.05, 0.1) is 0 Å². The van der Waals surface area contributed by atoms with Crippen LogP contribution in [0.15, 0.2) is 0 Å². The fourth-order valence-electron chi connectivity index (χ4n) is 1.30. The minimum atomic E-state index is -1.31. The molecule has 0 heterocycles. The van der Waals surface area contributed by atoms with Crippen molar-refractivity contribution in [2.24, 2.45) is 11.8 Å². The van der Waals surface area contributed by atoms with Crippen molar-refractivity contribution in [2.75, 3.05) is 0 Å². The second-order valence-electron chi connectivity index (χ2n) is 4.82. The first-order chi connectivity index (χ1) is 8.31. The van der Waals surface area contributed by atoms with Crippen molar-refractivity contribution in [1.29, 1.82) is 0 Å². The predicted octanol–water partition coefficient (Wildman–Crippen LogP) is 0.613. The number of carbonyl (C=O) groups is 2. The number of unbranched alkanes of at least 4 members (excludes halogenated alkanes) is 3. The van der Waals surface area contributed by atoms with E-state index in [0.717, 1.165) is 5.92 Å². The van der Waals surface area contributed by atoms with E-state index in [2.05, 4.69) is 27.7 Å². The summed E-state index contributed by atoms with van der Waals surface area (Å²) in [7, 11) is 0. The fraction of sp³-hybridized carbons (Fsp3) is 0.786. The quantitative estimate of drug-likeness (QED) is 0.296. The monoisotopic (exact) mass is 282 g/mol. The maximum Gasteiger partial charge on any atom is 1.00 e. The molecule has 1 unspecified atom stereocenters. The molecular weight excluding hydrogens is 255 g/mol. The molecule has 0 aromatic carbocycles. The summed E-state index contributed by atoms with van der Waals surface area (Å²) in [5.41, 5.74) is 0. The number of hydrogen-bond donors (Lipinski definition) is 2. The third-order valence-corrected chi connectivity index (χ3v) is 2.67. The van der Waals surface area contributed by atoms with E-state index in [1.54, 1.807) is 0 Å². The van der Waals surface area contributed by atoms with Gasteiger partial charge in [-0.05, 0) is 0 Å². The van der Waals surface area contributed by atoms with Crippen LogP contribution in [0.5, 0.6) is 0 Å². The molecule has 19 heavy (non-hydrogen) atoms. The molecule has 0 saturated carbocycles. The molecule has 4 nitrogen and oxygen atoms in total. The van der Waals surface area contributed by atoms with Gasteiger partial charge in [0.15, 0.2) is 0 Å². The predicted molar refractivity (Wildman–Crippen MR) is 72.3 cm³/mol. The zero-order valence-corrected chi connectivity index (χ0v) is 14.8. The average molecular weight is 282 g/mol. The number of rotatable bonds is 8. The van der Waals surface area contributed by atoms with E-state index in [0.29, 0.717) is 5.92 Å². The normalized spacial score (nSPS) is 11.0. The first-order valence-electron chi connectivity index (χ1n) is 6.57. The van der Waals surface area contributed by atoms with Crippen LogP contribution in [0.1, 0.15) is 59.3 Å². The van der Waals surface area contributed by atoms with Crippen molar-refractivity contribution < 1.29 is 49.4 Å². The summed E-state index contributed by atoms with van der Waals surface area (Å²) in [6, 6.07) is 0. The van der Waals surface area contributed by atoms with Crippen LogP contribution in [-0.4, -0.2) is 22.2 Å². The first-order valence-corrected chi connectivity index (χ1v) is 6.57. The van der Waals surface area contributed by atoms with Crippen LogP contribution in [0.25, 0.3) is 0 Å². The van der Waals surface area contributed by atoms with Crippen LogP contribution in [-0.2, 0) is 9.59 Å². The Bertz CT molecular complexity index is 217. The van der Waals surface area contributed by atoms with E-state index in [1.807, 2.05) is 0 Å². The Balaban J connectivity index is -0.000000280. The Hall–Kier alpha value is -0.0600. The van der Waals surface area contributed by atoms with E-state index in [4.69, 9.17) is 10.2 Å². The SMILES string of the molecule is O=C(O)CC(=O)O.[CH2-]C(CCCCCC)C(C)C.[Na+]. The van der Waals surface area contributed by atoms with Gasteiger partial charge in [0, 0.05) is 0 Å². The molecule has 108 valence electrons. The van der Waals surface area contributed by atoms with Gasteiger partial charge in [-0.2, -0.15) is 5.92 Å². The zero-order valence-electron chi connectivity index (χ0n) is 12.8. The molecule has 0 bridgehead atoms. The molecule has 2 N–H and O–H groups in total. The molecule has 0 saturated heterocycles. The summed E-state index contributed by atoms with van der Waals surface area (Å²) in [4.78, 5) is 18.9. The molecule has 0 spiro atoms. The maximum absolute atomic E-state index is 9.43. The van der Waals surface area contributed by atoms with E-state index >= 15 is 0 Å². The second-order valence-corrected chi connectivity index (χ2v) is 4.82. The van der Waals surface area contributed by atoms with Crippen LogP contribution >= 0.6 is 0 Å². The minimum Gasteiger partial charge on any atom is -0.481 e. The van der Waals surface area contributed by atoms with Crippen molar-refractivity contribution >= 4 is 11.9 Å². The average Bonchev–Trinajstić information content (AvgIpc) is 2.22. The van der Waals surface area contributed by atoms with E-state index in [-0.39, 0.29) is 29.6 Å². The summed E-state index contributed by atoms with van der Waals surface area (Å²) in [5, 5.41) is 15.4. The third-order valence-electron chi connectivity index (χ3n) is 2.67. The second kappa shape index (κ2) is 16.0. The van der Waals surface area contributed by atoms with Crippen molar-refractivity contribution in [1.82, 2.24) is 0 Å². The summed E-state index contributed by atoms with van der Waals surface area (Å²) in [5.74, 6) is -1.19. The molecule has 0 aliphatic carbocycles. The van der Waals surface area contributed by atoms with Crippen molar-refractivity contribution in [3.8, 4) is 0 Å². The van der Waals surface area contributed by atoms with Crippen molar-refractivity contribution in [3.63, 3.8) is 0 Å². The van der Waals surface area contributed by atoms with E-state index in [1.165, 1.54) is 32.1 Å². The molecular formula is C14H27NaO4. The summed E-state index contributed by atoms with van der Waals surface area (Å²) >= 11 is 0. The van der Waals surface area contributed by atoms with Gasteiger partial charge in [-0.15, -0.1) is 0 Å². The molecule has 0 aliphatic heterocycles. The van der Waals surface area contributed by atoms with E-state index < -0.39 is 18.4 Å². The van der Waals surface area contributed by atoms with Crippen molar-refractivity contribution in [2.45, 2.75) is 59.3 Å². The van der Waals surface area contributed by atoms with Crippen LogP contribution in [0, 0.1) is 18.8 Å². The Morgan fingerprint density at radius 1 is 1.05 bits per heavy atom. The summed E-state index contributed by atoms with van der Waals surface area (Å²) in [6.07, 6.45) is 6.02. The molecule has 0 radical (unpaired) electrons. The molecule has 1 atom stereocenters. The number of carboxylic acid groups (broad SMARTS) is 2. The van der Waals surface area contributed by atoms with E-state index in [9.17, 15) is 9.59 Å². The summed E-state index contributed by atoms with van der Waals surface area (Å²) < 4.78 is 0. The van der Waals surface area contributed by atoms with Gasteiger partial charge < -0.3 is 17.1 Å². The van der Waals surface area contributed by atoms with Crippen LogP contribution in [0.3, 0.4) is 0 Å². The van der Waals surface area contributed by atoms with Gasteiger partial charge in [0.1, 0.15) is 6.42 Å². The van der Waals surface area contributed by atoms with Gasteiger partial charge in [0.2, 0.25) is 0 Å². The molecule has 0 rings (SSSR count). The molecule has 0 amide bonds. The Kier molecular flexibility index (Phi) is 20.2. The zero-order chi connectivity index (χ0) is 14.6. The standard InChI is InChI=1S/C11H23.C3H4O4.Na/c1-5-6-7-8-9-11(4)10(2)3;4-2(5)1-3(6)7;/h10-11H,4-9H2,1-3H3;1H2,(H,4,5)(H,6,7);/q-1;;+1. The molecule has 0 aromatic heterocycles. The fourth-order valence-corrected chi connectivity index (χ4v) is 1.30. The Labute approximate surface area is 139 Å². The molecule has 5 heteroatoms. The van der Waals surface area contributed by atoms with Gasteiger partial charge in [0.25, 0.3) is 0 Å². The van der Waals surface area contributed by atoms with Gasteiger partial charge in [-0.3, -0.25) is 9.59 Å². The van der Waals surface area contributed by atoms with Gasteiger partial charge >= 0.3 is 41.5 Å². The maximum atomic E-state index is 9.43.